The smallest absolute Gasteiger partial charge is 0.200 e. The van der Waals surface area contributed by atoms with Gasteiger partial charge in [0.1, 0.15) is 0 Å². The molecule has 0 spiro atoms. The van der Waals surface area contributed by atoms with E-state index in [1.165, 1.54) is 6.07 Å². The molecule has 4 nitrogen and oxygen atoms in total. The minimum atomic E-state index is -3.48. The van der Waals surface area contributed by atoms with Gasteiger partial charge in [-0.3, -0.25) is 0 Å². The number of hydrogen-bond acceptors (Lipinski definition) is 4. The molecule has 0 aromatic heterocycles. The first kappa shape index (κ1) is 13.3. The van der Waals surface area contributed by atoms with Gasteiger partial charge < -0.3 is 0 Å². The Kier molecular flexibility index (Phi) is 3.11. The van der Waals surface area contributed by atoms with Crippen molar-refractivity contribution < 1.29 is 16.8 Å². The Hall–Kier alpha value is -1.14. The van der Waals surface area contributed by atoms with Gasteiger partial charge in [-0.15, -0.1) is 0 Å². The number of fused-ring (bicyclic) bond motifs is 1. The third-order valence-corrected chi connectivity index (χ3v) is 6.63. The summed E-state index contributed by atoms with van der Waals surface area (Å²) in [6.07, 6.45) is 0. The summed E-state index contributed by atoms with van der Waals surface area (Å²) in [5.41, 5.74) is 0.862. The molecule has 0 aliphatic carbocycles. The molecule has 1 aromatic carbocycles. The standard InChI is InChI=1S/C12H14O4S2/c1-9(2)17(13,14)7-10-8-18(15,16)12-6-4-3-5-11(10)12/h3-6,8-9H,7H2,1-2H3. The van der Waals surface area contributed by atoms with Crippen LogP contribution in [0.3, 0.4) is 0 Å². The van der Waals surface area contributed by atoms with E-state index in [2.05, 4.69) is 0 Å². The highest BCUT2D eigenvalue weighted by Gasteiger charge is 2.29. The molecular formula is C12H14O4S2. The fraction of sp³-hybridized carbons (Fsp3) is 0.333. The minimum absolute atomic E-state index is 0.193. The summed E-state index contributed by atoms with van der Waals surface area (Å²) in [4.78, 5) is 0.193. The van der Waals surface area contributed by atoms with Crippen molar-refractivity contribution in [3.63, 3.8) is 0 Å². The Morgan fingerprint density at radius 3 is 2.39 bits per heavy atom. The van der Waals surface area contributed by atoms with Crippen molar-refractivity contribution in [2.24, 2.45) is 0 Å². The highest BCUT2D eigenvalue weighted by Crippen LogP contribution is 2.34. The van der Waals surface area contributed by atoms with Crippen molar-refractivity contribution >= 4 is 25.2 Å². The second-order valence-corrected chi connectivity index (χ2v) is 8.86. The Bertz CT molecular complexity index is 710. The molecule has 98 valence electrons. The maximum absolute atomic E-state index is 11.9. The largest absolute Gasteiger partial charge is 0.228 e. The van der Waals surface area contributed by atoms with Crippen LogP contribution in [0.5, 0.6) is 0 Å². The Labute approximate surface area is 107 Å². The molecule has 0 unspecified atom stereocenters. The third-order valence-electron chi connectivity index (χ3n) is 2.91. The van der Waals surface area contributed by atoms with Crippen LogP contribution in [0.25, 0.3) is 5.57 Å². The zero-order valence-electron chi connectivity index (χ0n) is 10.1. The molecule has 0 saturated carbocycles. The lowest BCUT2D eigenvalue weighted by molar-refractivity contribution is 0.590. The van der Waals surface area contributed by atoms with Gasteiger partial charge in [-0.1, -0.05) is 18.2 Å². The van der Waals surface area contributed by atoms with E-state index < -0.39 is 24.9 Å². The molecule has 0 atom stereocenters. The summed E-state index contributed by atoms with van der Waals surface area (Å²) in [6.45, 7) is 3.18. The molecule has 2 rings (SSSR count). The van der Waals surface area contributed by atoms with Crippen molar-refractivity contribution in [2.75, 3.05) is 5.75 Å². The molecular weight excluding hydrogens is 272 g/mol. The maximum atomic E-state index is 11.9. The number of hydrogen-bond donors (Lipinski definition) is 0. The van der Waals surface area contributed by atoms with Gasteiger partial charge in [0.05, 0.1) is 15.9 Å². The second-order valence-electron chi connectivity index (χ2n) is 4.54. The molecule has 0 fully saturated rings. The fourth-order valence-electron chi connectivity index (χ4n) is 1.79. The summed E-state index contributed by atoms with van der Waals surface area (Å²) in [5, 5.41) is 0.547. The van der Waals surface area contributed by atoms with Crippen molar-refractivity contribution in [3.05, 3.63) is 35.2 Å². The monoisotopic (exact) mass is 286 g/mol. The number of sulfone groups is 2. The van der Waals surface area contributed by atoms with Gasteiger partial charge in [-0.05, 0) is 31.1 Å². The van der Waals surface area contributed by atoms with Crippen LogP contribution in [0.2, 0.25) is 0 Å². The van der Waals surface area contributed by atoms with E-state index in [1.807, 2.05) is 0 Å². The molecule has 1 heterocycles. The van der Waals surface area contributed by atoms with Crippen LogP contribution in [0, 0.1) is 0 Å². The quantitative estimate of drug-likeness (QED) is 0.847. The lowest BCUT2D eigenvalue weighted by Crippen LogP contribution is -2.18. The predicted octanol–water partition coefficient (Wildman–Crippen LogP) is 1.64. The molecule has 0 N–H and O–H groups in total. The average Bonchev–Trinajstić information content (AvgIpc) is 2.51. The zero-order valence-corrected chi connectivity index (χ0v) is 11.8. The molecule has 18 heavy (non-hydrogen) atoms. The summed E-state index contributed by atoms with van der Waals surface area (Å²) < 4.78 is 47.4. The van der Waals surface area contributed by atoms with Crippen molar-refractivity contribution in [3.8, 4) is 0 Å². The van der Waals surface area contributed by atoms with Crippen LogP contribution >= 0.6 is 0 Å². The highest BCUT2D eigenvalue weighted by molar-refractivity contribution is 7.95. The van der Waals surface area contributed by atoms with E-state index in [0.717, 1.165) is 5.41 Å². The van der Waals surface area contributed by atoms with Gasteiger partial charge in [0.25, 0.3) is 0 Å². The van der Waals surface area contributed by atoms with Gasteiger partial charge in [0, 0.05) is 5.41 Å². The van der Waals surface area contributed by atoms with Gasteiger partial charge in [0.15, 0.2) is 9.84 Å². The third kappa shape index (κ3) is 2.22. The number of rotatable bonds is 3. The first-order valence-electron chi connectivity index (χ1n) is 5.51. The Morgan fingerprint density at radius 2 is 1.78 bits per heavy atom. The van der Waals surface area contributed by atoms with E-state index in [4.69, 9.17) is 0 Å². The zero-order chi connectivity index (χ0) is 13.6. The fourth-order valence-corrected chi connectivity index (χ4v) is 4.39. The van der Waals surface area contributed by atoms with Crippen LogP contribution in [-0.4, -0.2) is 27.8 Å². The molecule has 1 aliphatic heterocycles. The first-order chi connectivity index (χ1) is 8.24. The lowest BCUT2D eigenvalue weighted by atomic mass is 10.1. The molecule has 0 saturated heterocycles. The van der Waals surface area contributed by atoms with Crippen molar-refractivity contribution in [1.29, 1.82) is 0 Å². The first-order valence-corrected chi connectivity index (χ1v) is 8.77. The van der Waals surface area contributed by atoms with Crippen molar-refractivity contribution in [1.82, 2.24) is 0 Å². The SMILES string of the molecule is CC(C)S(=O)(=O)CC1=CS(=O)(=O)c2ccccc21. The molecule has 0 radical (unpaired) electrons. The van der Waals surface area contributed by atoms with Crippen LogP contribution < -0.4 is 0 Å². The lowest BCUT2D eigenvalue weighted by Gasteiger charge is -2.08. The predicted molar refractivity (Wildman–Crippen MR) is 70.5 cm³/mol. The summed E-state index contributed by atoms with van der Waals surface area (Å²) >= 11 is 0. The van der Waals surface area contributed by atoms with E-state index in [9.17, 15) is 16.8 Å². The van der Waals surface area contributed by atoms with Gasteiger partial charge in [0.2, 0.25) is 9.84 Å². The topological polar surface area (TPSA) is 68.3 Å². The molecule has 1 aliphatic rings. The van der Waals surface area contributed by atoms with Gasteiger partial charge >= 0.3 is 0 Å². The van der Waals surface area contributed by atoms with E-state index in [-0.39, 0.29) is 10.6 Å². The van der Waals surface area contributed by atoms with Crippen LogP contribution in [-0.2, 0) is 19.7 Å². The number of benzene rings is 1. The minimum Gasteiger partial charge on any atom is -0.228 e. The average molecular weight is 286 g/mol. The Morgan fingerprint density at radius 1 is 1.17 bits per heavy atom. The van der Waals surface area contributed by atoms with E-state index in [0.29, 0.717) is 11.1 Å². The van der Waals surface area contributed by atoms with Crippen LogP contribution in [0.1, 0.15) is 19.4 Å². The molecule has 0 amide bonds. The molecule has 0 bridgehead atoms. The van der Waals surface area contributed by atoms with Crippen LogP contribution in [0.4, 0.5) is 0 Å². The van der Waals surface area contributed by atoms with E-state index >= 15 is 0 Å². The van der Waals surface area contributed by atoms with Crippen molar-refractivity contribution in [2.45, 2.75) is 24.0 Å². The summed E-state index contributed by atoms with van der Waals surface area (Å²) in [6, 6.07) is 6.47. The summed E-state index contributed by atoms with van der Waals surface area (Å²) in [7, 11) is -6.79. The highest BCUT2D eigenvalue weighted by atomic mass is 32.2. The van der Waals surface area contributed by atoms with E-state index in [1.54, 1.807) is 32.0 Å². The van der Waals surface area contributed by atoms with Crippen LogP contribution in [0.15, 0.2) is 34.6 Å². The summed E-state index contributed by atoms with van der Waals surface area (Å²) in [5.74, 6) is -0.235. The Balaban J connectivity index is 2.51. The maximum Gasteiger partial charge on any atom is 0.200 e. The molecule has 6 heteroatoms. The second kappa shape index (κ2) is 4.20. The normalized spacial score (nSPS) is 17.6. The van der Waals surface area contributed by atoms with Gasteiger partial charge in [-0.25, -0.2) is 16.8 Å². The molecule has 1 aromatic rings. The van der Waals surface area contributed by atoms with Gasteiger partial charge in [-0.2, -0.15) is 0 Å².